The predicted octanol–water partition coefficient (Wildman–Crippen LogP) is 0.491. The molecule has 0 unspecified atom stereocenters. The fourth-order valence-corrected chi connectivity index (χ4v) is 1.72. The zero-order valence-electron chi connectivity index (χ0n) is 7.20. The number of hydrogen-bond donors (Lipinski definition) is 1. The molecular weight excluding hydrogens is 279 g/mol. The quantitative estimate of drug-likeness (QED) is 0.604. The normalized spacial score (nSPS) is 17.5. The Morgan fingerprint density at radius 1 is 1.38 bits per heavy atom. The Balaban J connectivity index is 2.14. The second kappa shape index (κ2) is 4.19. The molecule has 70 valence electrons. The number of piperazine rings is 1. The van der Waals surface area contributed by atoms with E-state index in [4.69, 9.17) is 0 Å². The van der Waals surface area contributed by atoms with Gasteiger partial charge in [0.05, 0.1) is 0 Å². The molecule has 1 aromatic heterocycles. The summed E-state index contributed by atoms with van der Waals surface area (Å²) in [6.07, 6.45) is 1.81. The lowest BCUT2D eigenvalue weighted by molar-refractivity contribution is 0.579. The Kier molecular flexibility index (Phi) is 2.94. The summed E-state index contributed by atoms with van der Waals surface area (Å²) in [4.78, 5) is 10.8. The first kappa shape index (κ1) is 9.14. The highest BCUT2D eigenvalue weighted by molar-refractivity contribution is 14.1. The molecule has 2 rings (SSSR count). The first-order chi connectivity index (χ1) is 6.36. The molecule has 1 aromatic rings. The third-order valence-electron chi connectivity index (χ3n) is 2.01. The van der Waals surface area contributed by atoms with E-state index >= 15 is 0 Å². The standard InChI is InChI=1S/C8H11IN4/c9-7-1-2-11-8(12-7)13-5-3-10-4-6-13/h1-2,10H,3-6H2. The molecule has 13 heavy (non-hydrogen) atoms. The van der Waals surface area contributed by atoms with Gasteiger partial charge >= 0.3 is 0 Å². The third-order valence-corrected chi connectivity index (χ3v) is 2.61. The van der Waals surface area contributed by atoms with E-state index < -0.39 is 0 Å². The minimum atomic E-state index is 0.855. The maximum absolute atomic E-state index is 4.37. The zero-order valence-corrected chi connectivity index (χ0v) is 9.36. The van der Waals surface area contributed by atoms with Gasteiger partial charge in [-0.2, -0.15) is 0 Å². The number of anilines is 1. The molecule has 0 radical (unpaired) electrons. The van der Waals surface area contributed by atoms with Crippen LogP contribution in [0, 0.1) is 3.70 Å². The van der Waals surface area contributed by atoms with Crippen molar-refractivity contribution in [2.45, 2.75) is 0 Å². The van der Waals surface area contributed by atoms with Crippen LogP contribution in [0.1, 0.15) is 0 Å². The summed E-state index contributed by atoms with van der Waals surface area (Å²) in [5, 5.41) is 3.30. The Morgan fingerprint density at radius 3 is 2.85 bits per heavy atom. The zero-order chi connectivity index (χ0) is 9.10. The van der Waals surface area contributed by atoms with Gasteiger partial charge in [-0.3, -0.25) is 0 Å². The number of aromatic nitrogens is 2. The van der Waals surface area contributed by atoms with Crippen molar-refractivity contribution in [1.29, 1.82) is 0 Å². The minimum absolute atomic E-state index is 0.855. The van der Waals surface area contributed by atoms with E-state index in [-0.39, 0.29) is 0 Å². The molecule has 1 aliphatic rings. The molecular formula is C8H11IN4. The molecule has 0 spiro atoms. The highest BCUT2D eigenvalue weighted by Gasteiger charge is 2.12. The van der Waals surface area contributed by atoms with Gasteiger partial charge in [-0.25, -0.2) is 9.97 Å². The Labute approximate surface area is 90.9 Å². The SMILES string of the molecule is Ic1ccnc(N2CCNCC2)n1. The van der Waals surface area contributed by atoms with Gasteiger partial charge < -0.3 is 10.2 Å². The summed E-state index contributed by atoms with van der Waals surface area (Å²) in [6.45, 7) is 4.05. The summed E-state index contributed by atoms with van der Waals surface area (Å²) < 4.78 is 1.00. The Morgan fingerprint density at radius 2 is 2.15 bits per heavy atom. The van der Waals surface area contributed by atoms with Crippen LogP contribution in [-0.4, -0.2) is 36.1 Å². The van der Waals surface area contributed by atoms with Crippen molar-refractivity contribution < 1.29 is 0 Å². The van der Waals surface area contributed by atoms with Gasteiger partial charge in [0.1, 0.15) is 3.70 Å². The second-order valence-electron chi connectivity index (χ2n) is 2.92. The van der Waals surface area contributed by atoms with Gasteiger partial charge in [0.25, 0.3) is 0 Å². The number of rotatable bonds is 1. The van der Waals surface area contributed by atoms with Crippen LogP contribution in [0.2, 0.25) is 0 Å². The van der Waals surface area contributed by atoms with Gasteiger partial charge in [-0.05, 0) is 28.7 Å². The molecule has 1 N–H and O–H groups in total. The molecule has 0 saturated carbocycles. The number of halogens is 1. The van der Waals surface area contributed by atoms with Crippen molar-refractivity contribution in [2.75, 3.05) is 31.1 Å². The van der Waals surface area contributed by atoms with Crippen molar-refractivity contribution in [1.82, 2.24) is 15.3 Å². The summed E-state index contributed by atoms with van der Waals surface area (Å²) >= 11 is 2.21. The Hall–Kier alpha value is -0.430. The van der Waals surface area contributed by atoms with Crippen LogP contribution in [0.4, 0.5) is 5.95 Å². The Bertz CT molecular complexity index is 285. The monoisotopic (exact) mass is 290 g/mol. The minimum Gasteiger partial charge on any atom is -0.338 e. The van der Waals surface area contributed by atoms with Gasteiger partial charge in [-0.1, -0.05) is 0 Å². The molecule has 4 nitrogen and oxygen atoms in total. The fourth-order valence-electron chi connectivity index (χ4n) is 1.34. The number of nitrogens with zero attached hydrogens (tertiary/aromatic N) is 3. The topological polar surface area (TPSA) is 41.1 Å². The van der Waals surface area contributed by atoms with Gasteiger partial charge in [0.2, 0.25) is 5.95 Å². The molecule has 1 saturated heterocycles. The molecule has 2 heterocycles. The largest absolute Gasteiger partial charge is 0.338 e. The van der Waals surface area contributed by atoms with Crippen molar-refractivity contribution in [3.63, 3.8) is 0 Å². The van der Waals surface area contributed by atoms with E-state index in [1.165, 1.54) is 0 Å². The maximum atomic E-state index is 4.37. The second-order valence-corrected chi connectivity index (χ2v) is 4.02. The molecule has 5 heteroatoms. The highest BCUT2D eigenvalue weighted by atomic mass is 127. The number of nitrogens with one attached hydrogen (secondary N) is 1. The maximum Gasteiger partial charge on any atom is 0.226 e. The van der Waals surface area contributed by atoms with Crippen LogP contribution in [0.15, 0.2) is 12.3 Å². The fraction of sp³-hybridized carbons (Fsp3) is 0.500. The van der Waals surface area contributed by atoms with Crippen molar-refractivity contribution in [3.8, 4) is 0 Å². The first-order valence-electron chi connectivity index (χ1n) is 4.30. The van der Waals surface area contributed by atoms with E-state index in [1.807, 2.05) is 12.3 Å². The van der Waals surface area contributed by atoms with E-state index in [1.54, 1.807) is 0 Å². The summed E-state index contributed by atoms with van der Waals surface area (Å²) in [7, 11) is 0. The molecule has 0 bridgehead atoms. The molecule has 0 atom stereocenters. The van der Waals surface area contributed by atoms with Gasteiger partial charge in [-0.15, -0.1) is 0 Å². The van der Waals surface area contributed by atoms with Crippen LogP contribution in [-0.2, 0) is 0 Å². The summed E-state index contributed by atoms with van der Waals surface area (Å²) in [5.74, 6) is 0.855. The average Bonchev–Trinajstić information content (AvgIpc) is 2.19. The highest BCUT2D eigenvalue weighted by Crippen LogP contribution is 2.09. The molecule has 0 amide bonds. The lowest BCUT2D eigenvalue weighted by Crippen LogP contribution is -2.44. The third kappa shape index (κ3) is 2.28. The lowest BCUT2D eigenvalue weighted by atomic mass is 10.4. The molecule has 1 aliphatic heterocycles. The van der Waals surface area contributed by atoms with E-state index in [0.717, 1.165) is 35.8 Å². The molecule has 0 aromatic carbocycles. The van der Waals surface area contributed by atoms with Crippen molar-refractivity contribution >= 4 is 28.5 Å². The summed E-state index contributed by atoms with van der Waals surface area (Å²) in [6, 6.07) is 1.91. The molecule has 0 aliphatic carbocycles. The van der Waals surface area contributed by atoms with Crippen LogP contribution in [0.3, 0.4) is 0 Å². The van der Waals surface area contributed by atoms with E-state index in [9.17, 15) is 0 Å². The van der Waals surface area contributed by atoms with E-state index in [0.29, 0.717) is 0 Å². The number of hydrogen-bond acceptors (Lipinski definition) is 4. The van der Waals surface area contributed by atoms with Crippen molar-refractivity contribution in [3.05, 3.63) is 16.0 Å². The van der Waals surface area contributed by atoms with Crippen LogP contribution >= 0.6 is 22.6 Å². The van der Waals surface area contributed by atoms with Crippen LogP contribution in [0.25, 0.3) is 0 Å². The predicted molar refractivity (Wildman–Crippen MR) is 59.8 cm³/mol. The van der Waals surface area contributed by atoms with Crippen LogP contribution in [0.5, 0.6) is 0 Å². The van der Waals surface area contributed by atoms with Gasteiger partial charge in [0.15, 0.2) is 0 Å². The van der Waals surface area contributed by atoms with E-state index in [2.05, 4.69) is 42.8 Å². The smallest absolute Gasteiger partial charge is 0.226 e. The first-order valence-corrected chi connectivity index (χ1v) is 5.38. The van der Waals surface area contributed by atoms with Crippen molar-refractivity contribution in [2.24, 2.45) is 0 Å². The average molecular weight is 290 g/mol. The van der Waals surface area contributed by atoms with Gasteiger partial charge in [0, 0.05) is 32.4 Å². The lowest BCUT2D eigenvalue weighted by Gasteiger charge is -2.27. The van der Waals surface area contributed by atoms with Crippen LogP contribution < -0.4 is 10.2 Å². The summed E-state index contributed by atoms with van der Waals surface area (Å²) in [5.41, 5.74) is 0. The molecule has 1 fully saturated rings.